The van der Waals surface area contributed by atoms with Gasteiger partial charge in [0.2, 0.25) is 0 Å². The van der Waals surface area contributed by atoms with Gasteiger partial charge in [0.25, 0.3) is 0 Å². The summed E-state index contributed by atoms with van der Waals surface area (Å²) < 4.78 is 2.36. The lowest BCUT2D eigenvalue weighted by Crippen LogP contribution is -1.99. The summed E-state index contributed by atoms with van der Waals surface area (Å²) in [6.45, 7) is 4.06. The summed E-state index contributed by atoms with van der Waals surface area (Å²) >= 11 is 3.36. The Labute approximate surface area is 177 Å². The second-order valence-electron chi connectivity index (χ2n) is 7.25. The van der Waals surface area contributed by atoms with E-state index in [4.69, 9.17) is 0 Å². The lowest BCUT2D eigenvalue weighted by atomic mass is 9.99. The summed E-state index contributed by atoms with van der Waals surface area (Å²) in [7, 11) is 0. The van der Waals surface area contributed by atoms with Crippen molar-refractivity contribution in [2.75, 3.05) is 0 Å². The molecular weight excluding hydrogens is 396 g/mol. The van der Waals surface area contributed by atoms with Crippen molar-refractivity contribution in [1.29, 1.82) is 0 Å². The van der Waals surface area contributed by atoms with Gasteiger partial charge in [-0.05, 0) is 60.4 Å². The molecule has 0 aliphatic heterocycles. The van der Waals surface area contributed by atoms with Gasteiger partial charge in [-0.15, -0.1) is 22.7 Å². The van der Waals surface area contributed by atoms with E-state index < -0.39 is 0 Å². The van der Waals surface area contributed by atoms with Gasteiger partial charge < -0.3 is 0 Å². The smallest absolute Gasteiger partial charge is 0.197 e. The van der Waals surface area contributed by atoms with Gasteiger partial charge in [0.05, 0.1) is 5.57 Å². The normalized spacial score (nSPS) is 14.9. The van der Waals surface area contributed by atoms with Crippen LogP contribution in [0.25, 0.3) is 25.9 Å². The molecule has 2 aromatic heterocycles. The number of thiophene rings is 2. The Bertz CT molecular complexity index is 1290. The highest BCUT2D eigenvalue weighted by Crippen LogP contribution is 2.39. The first-order chi connectivity index (χ1) is 14.0. The lowest BCUT2D eigenvalue weighted by Gasteiger charge is -2.04. The molecule has 1 aliphatic carbocycles. The van der Waals surface area contributed by atoms with Crippen LogP contribution in [0.5, 0.6) is 0 Å². The average Bonchev–Trinajstić information content (AvgIpc) is 3.36. The molecule has 29 heavy (non-hydrogen) atoms. The van der Waals surface area contributed by atoms with Crippen LogP contribution >= 0.6 is 22.7 Å². The van der Waals surface area contributed by atoms with Crippen molar-refractivity contribution in [2.24, 2.45) is 0 Å². The molecule has 4 aromatic rings. The van der Waals surface area contributed by atoms with Crippen molar-refractivity contribution in [3.63, 3.8) is 0 Å². The van der Waals surface area contributed by atoms with Gasteiger partial charge >= 0.3 is 0 Å². The third kappa shape index (κ3) is 3.00. The van der Waals surface area contributed by atoms with E-state index in [1.807, 2.05) is 37.3 Å². The standard InChI is InChI=1S/C25H18O2S2/c1-3-15-10-19-18(9-14(15)2)24(26)20(25(19)27)11-17-12-22-23(28-17)13-21(29-22)16-7-5-4-6-8-16/h4-13H,3H2,1-2H3/b20-11-. The first kappa shape index (κ1) is 18.2. The Morgan fingerprint density at radius 3 is 2.24 bits per heavy atom. The summed E-state index contributed by atoms with van der Waals surface area (Å²) in [4.78, 5) is 28.0. The lowest BCUT2D eigenvalue weighted by molar-refractivity contribution is 0.0990. The summed E-state index contributed by atoms with van der Waals surface area (Å²) in [5.41, 5.74) is 4.77. The molecule has 5 rings (SSSR count). The van der Waals surface area contributed by atoms with Crippen LogP contribution in [0.1, 0.15) is 43.6 Å². The van der Waals surface area contributed by atoms with E-state index >= 15 is 0 Å². The maximum absolute atomic E-state index is 12.9. The second kappa shape index (κ2) is 6.90. The molecule has 0 radical (unpaired) electrons. The molecule has 2 aromatic carbocycles. The largest absolute Gasteiger partial charge is 0.288 e. The van der Waals surface area contributed by atoms with E-state index in [0.717, 1.165) is 22.4 Å². The van der Waals surface area contributed by atoms with Gasteiger partial charge in [-0.25, -0.2) is 0 Å². The topological polar surface area (TPSA) is 34.1 Å². The zero-order valence-corrected chi connectivity index (χ0v) is 17.7. The van der Waals surface area contributed by atoms with Crippen molar-refractivity contribution < 1.29 is 9.59 Å². The van der Waals surface area contributed by atoms with Crippen LogP contribution in [-0.2, 0) is 6.42 Å². The molecule has 0 fully saturated rings. The minimum Gasteiger partial charge on any atom is -0.288 e. The van der Waals surface area contributed by atoms with Crippen LogP contribution in [-0.4, -0.2) is 11.6 Å². The number of rotatable bonds is 3. The molecule has 142 valence electrons. The number of ketones is 2. The van der Waals surface area contributed by atoms with Crippen LogP contribution < -0.4 is 0 Å². The van der Waals surface area contributed by atoms with Crippen molar-refractivity contribution in [1.82, 2.24) is 0 Å². The molecular formula is C25H18O2S2. The van der Waals surface area contributed by atoms with Crippen LogP contribution in [0.2, 0.25) is 0 Å². The monoisotopic (exact) mass is 414 g/mol. The van der Waals surface area contributed by atoms with E-state index in [0.29, 0.717) is 11.1 Å². The number of benzene rings is 2. The fourth-order valence-corrected chi connectivity index (χ4v) is 6.20. The van der Waals surface area contributed by atoms with Gasteiger partial charge in [0.15, 0.2) is 11.6 Å². The summed E-state index contributed by atoms with van der Waals surface area (Å²) in [6.07, 6.45) is 2.62. The van der Waals surface area contributed by atoms with Crippen LogP contribution in [0.3, 0.4) is 0 Å². The number of hydrogen-bond acceptors (Lipinski definition) is 4. The summed E-state index contributed by atoms with van der Waals surface area (Å²) in [5.74, 6) is -0.307. The number of aryl methyl sites for hydroxylation is 2. The molecule has 0 spiro atoms. The highest BCUT2D eigenvalue weighted by Gasteiger charge is 2.33. The zero-order chi connectivity index (χ0) is 20.1. The molecule has 0 N–H and O–H groups in total. The molecule has 0 saturated carbocycles. The van der Waals surface area contributed by atoms with Crippen molar-refractivity contribution in [2.45, 2.75) is 20.3 Å². The Hall–Kier alpha value is -2.82. The zero-order valence-electron chi connectivity index (χ0n) is 16.1. The van der Waals surface area contributed by atoms with Crippen LogP contribution in [0.4, 0.5) is 0 Å². The molecule has 0 unspecified atom stereocenters. The number of allylic oxidation sites excluding steroid dienone is 1. The third-order valence-corrected chi connectivity index (χ3v) is 7.70. The van der Waals surface area contributed by atoms with Crippen LogP contribution in [0, 0.1) is 6.92 Å². The molecule has 4 heteroatoms. The third-order valence-electron chi connectivity index (χ3n) is 5.41. The van der Waals surface area contributed by atoms with E-state index in [2.05, 4.69) is 31.2 Å². The van der Waals surface area contributed by atoms with Gasteiger partial charge in [-0.2, -0.15) is 0 Å². The molecule has 0 saturated heterocycles. The molecule has 0 amide bonds. The SMILES string of the molecule is CCc1cc2c(cc1C)C(=O)/C(=C/c1cc3sc(-c4ccccc4)cc3s1)C2=O. The molecule has 0 bridgehead atoms. The van der Waals surface area contributed by atoms with E-state index in [9.17, 15) is 9.59 Å². The first-order valence-corrected chi connectivity index (χ1v) is 11.2. The number of fused-ring (bicyclic) bond motifs is 2. The van der Waals surface area contributed by atoms with Crippen molar-refractivity contribution in [3.8, 4) is 10.4 Å². The molecule has 0 atom stereocenters. The Morgan fingerprint density at radius 2 is 1.55 bits per heavy atom. The summed E-state index contributed by atoms with van der Waals surface area (Å²) in [6, 6.07) is 18.3. The molecule has 1 aliphatic rings. The maximum Gasteiger partial charge on any atom is 0.197 e. The quantitative estimate of drug-likeness (QED) is 0.268. The Morgan fingerprint density at radius 1 is 0.862 bits per heavy atom. The number of Topliss-reactive ketones (excluding diaryl/α,β-unsaturated/α-hetero) is 2. The van der Waals surface area contributed by atoms with E-state index in [1.165, 1.54) is 19.8 Å². The van der Waals surface area contributed by atoms with Crippen LogP contribution in [0.15, 0.2) is 60.2 Å². The van der Waals surface area contributed by atoms with Gasteiger partial charge in [0, 0.05) is 30.3 Å². The maximum atomic E-state index is 12.9. The minimum absolute atomic E-state index is 0.151. The fraction of sp³-hybridized carbons (Fsp3) is 0.120. The second-order valence-corrected chi connectivity index (χ2v) is 9.45. The van der Waals surface area contributed by atoms with E-state index in [1.54, 1.807) is 28.7 Å². The van der Waals surface area contributed by atoms with E-state index in [-0.39, 0.29) is 17.1 Å². The van der Waals surface area contributed by atoms with Gasteiger partial charge in [-0.3, -0.25) is 9.59 Å². The number of carbonyl (C=O) groups is 2. The fourth-order valence-electron chi connectivity index (χ4n) is 3.85. The van der Waals surface area contributed by atoms with Crippen molar-refractivity contribution in [3.05, 3.63) is 87.3 Å². The van der Waals surface area contributed by atoms with Gasteiger partial charge in [0.1, 0.15) is 0 Å². The first-order valence-electron chi connectivity index (χ1n) is 9.58. The molecule has 2 nitrogen and oxygen atoms in total. The average molecular weight is 415 g/mol. The minimum atomic E-state index is -0.155. The van der Waals surface area contributed by atoms with Gasteiger partial charge in [-0.1, -0.05) is 37.3 Å². The van der Waals surface area contributed by atoms with Crippen molar-refractivity contribution >= 4 is 49.7 Å². The number of carbonyl (C=O) groups excluding carboxylic acids is 2. The molecule has 2 heterocycles. The predicted octanol–water partition coefficient (Wildman–Crippen LogP) is 6.96. The predicted molar refractivity (Wildman–Crippen MR) is 122 cm³/mol. The Kier molecular flexibility index (Phi) is 4.34. The highest BCUT2D eigenvalue weighted by atomic mass is 32.1. The Balaban J connectivity index is 1.52. The summed E-state index contributed by atoms with van der Waals surface area (Å²) in [5, 5.41) is 0. The number of hydrogen-bond donors (Lipinski definition) is 0. The highest BCUT2D eigenvalue weighted by molar-refractivity contribution is 7.29.